The van der Waals surface area contributed by atoms with Gasteiger partial charge in [0.05, 0.1) is 0 Å². The molecule has 0 N–H and O–H groups in total. The molecular weight excluding hydrogens is 208 g/mol. The second-order valence-corrected chi connectivity index (χ2v) is 3.47. The summed E-state index contributed by atoms with van der Waals surface area (Å²) in [5.41, 5.74) is 0. The van der Waals surface area contributed by atoms with Crippen molar-refractivity contribution >= 4 is 32.1 Å². The van der Waals surface area contributed by atoms with Gasteiger partial charge in [-0.05, 0) is 22.9 Å². The zero-order valence-electron chi connectivity index (χ0n) is 10.1. The molecular formula is C12H22S2. The summed E-state index contributed by atoms with van der Waals surface area (Å²) >= 11 is 3.61. The minimum Gasteiger partial charge on any atom is -0.143 e. The zero-order valence-corrected chi connectivity index (χ0v) is 11.8. The van der Waals surface area contributed by atoms with Crippen molar-refractivity contribution in [1.82, 2.24) is 0 Å². The van der Waals surface area contributed by atoms with E-state index in [1.807, 2.05) is 41.5 Å². The first-order valence-electron chi connectivity index (χ1n) is 5.37. The van der Waals surface area contributed by atoms with Gasteiger partial charge < -0.3 is 0 Å². The Hall–Kier alpha value is -0.340. The molecule has 0 bridgehead atoms. The Morgan fingerprint density at radius 2 is 0.929 bits per heavy atom. The van der Waals surface area contributed by atoms with Crippen molar-refractivity contribution in [2.45, 2.75) is 41.5 Å². The highest BCUT2D eigenvalue weighted by molar-refractivity contribution is 7.25. The molecule has 2 heteroatoms. The molecule has 0 aliphatic heterocycles. The first-order valence-corrected chi connectivity index (χ1v) is 7.13. The summed E-state index contributed by atoms with van der Waals surface area (Å²) in [6.45, 7) is 12.0. The highest BCUT2D eigenvalue weighted by Gasteiger charge is 1.90. The van der Waals surface area contributed by atoms with Crippen LogP contribution < -0.4 is 0 Å². The van der Waals surface area contributed by atoms with Crippen LogP contribution in [-0.2, 0) is 0 Å². The quantitative estimate of drug-likeness (QED) is 0.517. The maximum Gasteiger partial charge on any atom is 0.0450 e. The zero-order chi connectivity index (χ0) is 11.4. The minimum absolute atomic E-state index is 1.41. The summed E-state index contributed by atoms with van der Waals surface area (Å²) < 4.78 is 2.82. The average molecular weight is 230 g/mol. The molecule has 2 aromatic heterocycles. The molecule has 2 rings (SSSR count). The Kier molecular flexibility index (Phi) is 14.6. The van der Waals surface area contributed by atoms with E-state index in [0.717, 1.165) is 0 Å². The molecule has 82 valence electrons. The molecule has 0 unspecified atom stereocenters. The molecule has 2 aromatic rings. The van der Waals surface area contributed by atoms with Gasteiger partial charge in [0.1, 0.15) is 0 Å². The van der Waals surface area contributed by atoms with E-state index in [4.69, 9.17) is 0 Å². The first-order chi connectivity index (χ1) is 6.97. The highest BCUT2D eigenvalue weighted by atomic mass is 32.1. The van der Waals surface area contributed by atoms with Gasteiger partial charge in [-0.15, -0.1) is 22.7 Å². The highest BCUT2D eigenvalue weighted by Crippen LogP contribution is 2.25. The lowest BCUT2D eigenvalue weighted by molar-refractivity contribution is 1.50. The van der Waals surface area contributed by atoms with Crippen LogP contribution in [0.15, 0.2) is 22.9 Å². The van der Waals surface area contributed by atoms with Gasteiger partial charge in [0.2, 0.25) is 0 Å². The van der Waals surface area contributed by atoms with Crippen molar-refractivity contribution in [2.24, 2.45) is 0 Å². The lowest BCUT2D eigenvalue weighted by Gasteiger charge is -1.63. The number of hydrogen-bond acceptors (Lipinski definition) is 2. The molecule has 0 aliphatic carbocycles. The number of thiophene rings is 2. The number of rotatable bonds is 0. The topological polar surface area (TPSA) is 0 Å². The fourth-order valence-corrected chi connectivity index (χ4v) is 2.52. The van der Waals surface area contributed by atoms with E-state index >= 15 is 0 Å². The summed E-state index contributed by atoms with van der Waals surface area (Å²) in [6.07, 6.45) is 0. The minimum atomic E-state index is 1.41. The Morgan fingerprint density at radius 1 is 0.643 bits per heavy atom. The molecule has 0 saturated heterocycles. The van der Waals surface area contributed by atoms with E-state index < -0.39 is 0 Å². The fourth-order valence-electron chi connectivity index (χ4n) is 0.697. The molecule has 0 atom stereocenters. The summed E-state index contributed by atoms with van der Waals surface area (Å²) in [7, 11) is 0. The summed E-state index contributed by atoms with van der Waals surface area (Å²) in [4.78, 5) is 0. The largest absolute Gasteiger partial charge is 0.143 e. The smallest absolute Gasteiger partial charge is 0.0450 e. The predicted molar refractivity (Wildman–Crippen MR) is 73.7 cm³/mol. The fraction of sp³-hybridized carbons (Fsp3) is 0.500. The van der Waals surface area contributed by atoms with Gasteiger partial charge in [-0.25, -0.2) is 0 Å². The third-order valence-electron chi connectivity index (χ3n) is 1.07. The summed E-state index contributed by atoms with van der Waals surface area (Å²) in [5.74, 6) is 0. The lowest BCUT2D eigenvalue weighted by atomic mass is 10.5. The second kappa shape index (κ2) is 12.7. The Labute approximate surface area is 96.6 Å². The third kappa shape index (κ3) is 5.40. The predicted octanol–water partition coefficient (Wildman–Crippen LogP) is 6.04. The Bertz CT molecular complexity index is 230. The maximum absolute atomic E-state index is 2.16. The molecule has 0 amide bonds. The monoisotopic (exact) mass is 230 g/mol. The second-order valence-electron chi connectivity index (χ2n) is 1.57. The van der Waals surface area contributed by atoms with Crippen LogP contribution in [0.1, 0.15) is 41.5 Å². The summed E-state index contributed by atoms with van der Waals surface area (Å²) in [5, 5.41) is 4.25. The van der Waals surface area contributed by atoms with Gasteiger partial charge in [0.25, 0.3) is 0 Å². The van der Waals surface area contributed by atoms with E-state index in [0.29, 0.717) is 0 Å². The van der Waals surface area contributed by atoms with Crippen molar-refractivity contribution < 1.29 is 0 Å². The molecule has 14 heavy (non-hydrogen) atoms. The average Bonchev–Trinajstić information content (AvgIpc) is 2.89. The van der Waals surface area contributed by atoms with E-state index in [-0.39, 0.29) is 0 Å². The Morgan fingerprint density at radius 3 is 1.21 bits per heavy atom. The van der Waals surface area contributed by atoms with Crippen LogP contribution in [0.5, 0.6) is 0 Å². The van der Waals surface area contributed by atoms with E-state index in [1.165, 1.54) is 9.40 Å². The molecule has 0 spiro atoms. The van der Waals surface area contributed by atoms with Crippen molar-refractivity contribution in [2.75, 3.05) is 0 Å². The first kappa shape index (κ1) is 16.1. The van der Waals surface area contributed by atoms with Crippen LogP contribution in [0, 0.1) is 0 Å². The van der Waals surface area contributed by atoms with Crippen molar-refractivity contribution in [1.29, 1.82) is 0 Å². The lowest BCUT2D eigenvalue weighted by Crippen LogP contribution is -1.33. The van der Waals surface area contributed by atoms with Crippen LogP contribution in [0.4, 0.5) is 0 Å². The molecule has 0 aromatic carbocycles. The molecule has 0 fully saturated rings. The Balaban J connectivity index is 0. The van der Waals surface area contributed by atoms with Crippen molar-refractivity contribution in [3.05, 3.63) is 22.9 Å². The van der Waals surface area contributed by atoms with Crippen LogP contribution in [-0.4, -0.2) is 0 Å². The van der Waals surface area contributed by atoms with Crippen LogP contribution in [0.3, 0.4) is 0 Å². The number of hydrogen-bond donors (Lipinski definition) is 0. The third-order valence-corrected chi connectivity index (χ3v) is 2.97. The van der Waals surface area contributed by atoms with Crippen molar-refractivity contribution in [3.63, 3.8) is 0 Å². The van der Waals surface area contributed by atoms with Gasteiger partial charge in [-0.1, -0.05) is 41.5 Å². The van der Waals surface area contributed by atoms with E-state index in [2.05, 4.69) is 22.9 Å². The molecule has 0 aliphatic rings. The molecule has 0 saturated carbocycles. The molecule has 0 nitrogen and oxygen atoms in total. The van der Waals surface area contributed by atoms with Crippen LogP contribution in [0.2, 0.25) is 0 Å². The van der Waals surface area contributed by atoms with Gasteiger partial charge in [-0.2, -0.15) is 0 Å². The number of fused-ring (bicyclic) bond motifs is 1. The maximum atomic E-state index is 2.16. The SMILES string of the molecule is CC.CC.CC.c1cc2sccc2s1. The van der Waals surface area contributed by atoms with E-state index in [1.54, 1.807) is 22.7 Å². The summed E-state index contributed by atoms with van der Waals surface area (Å²) in [6, 6.07) is 4.31. The molecule has 0 radical (unpaired) electrons. The normalized spacial score (nSPS) is 7.29. The van der Waals surface area contributed by atoms with Gasteiger partial charge >= 0.3 is 0 Å². The van der Waals surface area contributed by atoms with E-state index in [9.17, 15) is 0 Å². The molecule has 2 heterocycles. The van der Waals surface area contributed by atoms with Crippen molar-refractivity contribution in [3.8, 4) is 0 Å². The van der Waals surface area contributed by atoms with Crippen LogP contribution >= 0.6 is 22.7 Å². The van der Waals surface area contributed by atoms with Crippen LogP contribution in [0.25, 0.3) is 9.40 Å². The standard InChI is InChI=1S/C6H4S2.3C2H6/c1-3-7-6-2-4-8-5(1)6;3*1-2/h1-4H;3*1-2H3. The van der Waals surface area contributed by atoms with Gasteiger partial charge in [0.15, 0.2) is 0 Å². The van der Waals surface area contributed by atoms with Gasteiger partial charge in [0, 0.05) is 9.40 Å². The van der Waals surface area contributed by atoms with Gasteiger partial charge in [-0.3, -0.25) is 0 Å².